The van der Waals surface area contributed by atoms with Gasteiger partial charge in [-0.05, 0) is 25.0 Å². The number of benzene rings is 1. The molecule has 0 aromatic heterocycles. The molecule has 0 saturated heterocycles. The summed E-state index contributed by atoms with van der Waals surface area (Å²) in [6, 6.07) is 10.1. The van der Waals surface area contributed by atoms with E-state index in [-0.39, 0.29) is 0 Å². The van der Waals surface area contributed by atoms with Crippen molar-refractivity contribution in [2.45, 2.75) is 19.3 Å². The van der Waals surface area contributed by atoms with Crippen LogP contribution in [0.4, 0.5) is 0 Å². The van der Waals surface area contributed by atoms with Crippen molar-refractivity contribution >= 4 is 0 Å². The lowest BCUT2D eigenvalue weighted by molar-refractivity contribution is 0.887. The zero-order valence-electron chi connectivity index (χ0n) is 7.79. The highest BCUT2D eigenvalue weighted by Crippen LogP contribution is 1.97. The summed E-state index contributed by atoms with van der Waals surface area (Å²) in [5.41, 5.74) is 1.10. The monoisotopic (exact) mass is 170 g/mol. The molecule has 0 heterocycles. The molecule has 0 radical (unpaired) electrons. The van der Waals surface area contributed by atoms with Crippen LogP contribution in [0.25, 0.3) is 0 Å². The van der Waals surface area contributed by atoms with E-state index in [2.05, 4.69) is 18.4 Å². The maximum Gasteiger partial charge on any atom is 0.0245 e. The molecular formula is C13H14. The Morgan fingerprint density at radius 1 is 1.23 bits per heavy atom. The molecule has 0 amide bonds. The molecule has 0 atom stereocenters. The Hall–Kier alpha value is -1.48. The molecule has 0 saturated carbocycles. The SMILES string of the molecule is C=CCCCC#Cc1ccccc1. The summed E-state index contributed by atoms with van der Waals surface area (Å²) in [7, 11) is 0. The van der Waals surface area contributed by atoms with E-state index in [1.54, 1.807) is 0 Å². The van der Waals surface area contributed by atoms with Crippen molar-refractivity contribution in [2.75, 3.05) is 0 Å². The van der Waals surface area contributed by atoms with Crippen molar-refractivity contribution < 1.29 is 0 Å². The molecule has 1 aromatic rings. The highest BCUT2D eigenvalue weighted by molar-refractivity contribution is 5.33. The highest BCUT2D eigenvalue weighted by Gasteiger charge is 1.81. The molecule has 0 unspecified atom stereocenters. The van der Waals surface area contributed by atoms with Gasteiger partial charge in [-0.25, -0.2) is 0 Å². The maximum atomic E-state index is 3.67. The van der Waals surface area contributed by atoms with Crippen molar-refractivity contribution in [3.05, 3.63) is 48.6 Å². The first-order chi connectivity index (χ1) is 6.43. The predicted octanol–water partition coefficient (Wildman–Crippen LogP) is 3.39. The van der Waals surface area contributed by atoms with Crippen LogP contribution in [-0.4, -0.2) is 0 Å². The Balaban J connectivity index is 2.35. The Kier molecular flexibility index (Phi) is 4.49. The first-order valence-electron chi connectivity index (χ1n) is 4.58. The minimum Gasteiger partial charge on any atom is -0.103 e. The van der Waals surface area contributed by atoms with E-state index in [4.69, 9.17) is 0 Å². The van der Waals surface area contributed by atoms with Gasteiger partial charge >= 0.3 is 0 Å². The zero-order chi connectivity index (χ0) is 9.36. The second kappa shape index (κ2) is 6.08. The Morgan fingerprint density at radius 2 is 2.00 bits per heavy atom. The maximum absolute atomic E-state index is 3.67. The average molecular weight is 170 g/mol. The van der Waals surface area contributed by atoms with Crippen LogP contribution in [0.15, 0.2) is 43.0 Å². The Bertz CT molecular complexity index is 298. The summed E-state index contributed by atoms with van der Waals surface area (Å²) < 4.78 is 0. The molecule has 0 N–H and O–H groups in total. The second-order valence-electron chi connectivity index (χ2n) is 2.85. The van der Waals surface area contributed by atoms with Crippen LogP contribution in [-0.2, 0) is 0 Å². The first-order valence-corrected chi connectivity index (χ1v) is 4.58. The molecule has 0 nitrogen and oxygen atoms in total. The second-order valence-corrected chi connectivity index (χ2v) is 2.85. The van der Waals surface area contributed by atoms with Crippen molar-refractivity contribution in [1.82, 2.24) is 0 Å². The molecule has 0 fully saturated rings. The summed E-state index contributed by atoms with van der Waals surface area (Å²) in [5.74, 6) is 6.26. The van der Waals surface area contributed by atoms with Gasteiger partial charge in [0.15, 0.2) is 0 Å². The lowest BCUT2D eigenvalue weighted by Crippen LogP contribution is -1.72. The third-order valence-electron chi connectivity index (χ3n) is 1.72. The van der Waals surface area contributed by atoms with Crippen LogP contribution in [0.5, 0.6) is 0 Å². The molecule has 0 aliphatic carbocycles. The van der Waals surface area contributed by atoms with Crippen LogP contribution in [0.3, 0.4) is 0 Å². The Morgan fingerprint density at radius 3 is 2.69 bits per heavy atom. The van der Waals surface area contributed by atoms with E-state index in [1.807, 2.05) is 36.4 Å². The predicted molar refractivity (Wildman–Crippen MR) is 57.4 cm³/mol. The van der Waals surface area contributed by atoms with Crippen LogP contribution >= 0.6 is 0 Å². The molecule has 0 spiro atoms. The van der Waals surface area contributed by atoms with Gasteiger partial charge in [0.2, 0.25) is 0 Å². The smallest absolute Gasteiger partial charge is 0.0245 e. The van der Waals surface area contributed by atoms with Gasteiger partial charge in [0.25, 0.3) is 0 Å². The van der Waals surface area contributed by atoms with Gasteiger partial charge in [-0.2, -0.15) is 0 Å². The quantitative estimate of drug-likeness (QED) is 0.370. The molecule has 0 heteroatoms. The molecule has 1 rings (SSSR count). The standard InChI is InChI=1S/C13H14/c1-2-3-4-5-7-10-13-11-8-6-9-12-13/h2,6,8-9,11-12H,1,3-5H2. The molecule has 0 aliphatic heterocycles. The van der Waals surface area contributed by atoms with Gasteiger partial charge in [0.1, 0.15) is 0 Å². The highest BCUT2D eigenvalue weighted by atomic mass is 13.9. The first kappa shape index (κ1) is 9.61. The molecule has 66 valence electrons. The normalized spacial score (nSPS) is 8.62. The van der Waals surface area contributed by atoms with E-state index in [0.29, 0.717) is 0 Å². The van der Waals surface area contributed by atoms with Crippen molar-refractivity contribution in [1.29, 1.82) is 0 Å². The fourth-order valence-corrected chi connectivity index (χ4v) is 1.02. The van der Waals surface area contributed by atoms with Crippen LogP contribution in [0.1, 0.15) is 24.8 Å². The van der Waals surface area contributed by atoms with Gasteiger partial charge < -0.3 is 0 Å². The van der Waals surface area contributed by atoms with Crippen molar-refractivity contribution in [3.63, 3.8) is 0 Å². The van der Waals surface area contributed by atoms with Gasteiger partial charge in [-0.1, -0.05) is 36.1 Å². The fourth-order valence-electron chi connectivity index (χ4n) is 1.02. The fraction of sp³-hybridized carbons (Fsp3) is 0.231. The number of hydrogen-bond acceptors (Lipinski definition) is 0. The lowest BCUT2D eigenvalue weighted by atomic mass is 10.2. The third-order valence-corrected chi connectivity index (χ3v) is 1.72. The van der Waals surface area contributed by atoms with Crippen LogP contribution in [0, 0.1) is 11.8 Å². The Labute approximate surface area is 80.3 Å². The molecular weight excluding hydrogens is 156 g/mol. The lowest BCUT2D eigenvalue weighted by Gasteiger charge is -1.87. The minimum atomic E-state index is 0.959. The van der Waals surface area contributed by atoms with E-state index in [1.165, 1.54) is 0 Å². The molecule has 1 aromatic carbocycles. The van der Waals surface area contributed by atoms with E-state index < -0.39 is 0 Å². The number of hydrogen-bond donors (Lipinski definition) is 0. The van der Waals surface area contributed by atoms with Gasteiger partial charge in [0.05, 0.1) is 0 Å². The van der Waals surface area contributed by atoms with Crippen molar-refractivity contribution in [3.8, 4) is 11.8 Å². The van der Waals surface area contributed by atoms with E-state index >= 15 is 0 Å². The summed E-state index contributed by atoms with van der Waals surface area (Å²) >= 11 is 0. The average Bonchev–Trinajstić information content (AvgIpc) is 2.19. The van der Waals surface area contributed by atoms with E-state index in [0.717, 1.165) is 24.8 Å². The summed E-state index contributed by atoms with van der Waals surface area (Å²) in [6.07, 6.45) is 5.07. The third kappa shape index (κ3) is 4.18. The number of rotatable bonds is 3. The largest absolute Gasteiger partial charge is 0.103 e. The van der Waals surface area contributed by atoms with Gasteiger partial charge in [-0.3, -0.25) is 0 Å². The molecule has 0 aliphatic rings. The van der Waals surface area contributed by atoms with Gasteiger partial charge in [-0.15, -0.1) is 6.58 Å². The molecule has 0 bridgehead atoms. The van der Waals surface area contributed by atoms with E-state index in [9.17, 15) is 0 Å². The zero-order valence-corrected chi connectivity index (χ0v) is 7.79. The summed E-state index contributed by atoms with van der Waals surface area (Å²) in [4.78, 5) is 0. The topological polar surface area (TPSA) is 0 Å². The summed E-state index contributed by atoms with van der Waals surface area (Å²) in [5, 5.41) is 0. The number of allylic oxidation sites excluding steroid dienone is 1. The minimum absolute atomic E-state index is 0.959. The summed E-state index contributed by atoms with van der Waals surface area (Å²) in [6.45, 7) is 3.67. The van der Waals surface area contributed by atoms with Crippen molar-refractivity contribution in [2.24, 2.45) is 0 Å². The van der Waals surface area contributed by atoms with Crippen LogP contribution in [0.2, 0.25) is 0 Å². The van der Waals surface area contributed by atoms with Crippen LogP contribution < -0.4 is 0 Å². The number of unbranched alkanes of at least 4 members (excludes halogenated alkanes) is 2. The molecule has 13 heavy (non-hydrogen) atoms. The van der Waals surface area contributed by atoms with Gasteiger partial charge in [0, 0.05) is 12.0 Å².